The summed E-state index contributed by atoms with van der Waals surface area (Å²) in [5.74, 6) is -0.806. The zero-order chi connectivity index (χ0) is 32.5. The molecule has 1 aromatic carbocycles. The van der Waals surface area contributed by atoms with Gasteiger partial charge in [0.05, 0.1) is 19.1 Å². The first-order valence-corrected chi connectivity index (χ1v) is 20.3. The third-order valence-corrected chi connectivity index (χ3v) is 11.7. The second-order valence-electron chi connectivity index (χ2n) is 13.8. The van der Waals surface area contributed by atoms with Gasteiger partial charge >= 0.3 is 12.1 Å². The van der Waals surface area contributed by atoms with Crippen LogP contribution in [0.4, 0.5) is 4.79 Å². The maximum absolute atomic E-state index is 13.9. The van der Waals surface area contributed by atoms with Gasteiger partial charge in [-0.15, -0.1) is 0 Å². The fraction of sp³-hybridized carbons (Fsp3) is 0.636. The molecule has 1 amide bonds. The summed E-state index contributed by atoms with van der Waals surface area (Å²) in [6, 6.07) is 9.01. The number of benzene rings is 1. The monoisotopic (exact) mass is 648 g/mol. The lowest BCUT2D eigenvalue weighted by Crippen LogP contribution is -2.64. The molecule has 0 saturated carbocycles. The van der Waals surface area contributed by atoms with Crippen LogP contribution in [0.2, 0.25) is 25.7 Å². The molecule has 0 aliphatic carbocycles. The van der Waals surface area contributed by atoms with Gasteiger partial charge in [-0.05, 0) is 56.7 Å². The van der Waals surface area contributed by atoms with Crippen LogP contribution in [0.3, 0.4) is 0 Å². The molecule has 0 bridgehead atoms. The molecule has 2 fully saturated rings. The van der Waals surface area contributed by atoms with Crippen molar-refractivity contribution in [2.75, 3.05) is 52.9 Å². The minimum absolute atomic E-state index is 0.00715. The van der Waals surface area contributed by atoms with Gasteiger partial charge < -0.3 is 28.4 Å². The summed E-state index contributed by atoms with van der Waals surface area (Å²) in [6.07, 6.45) is 4.02. The minimum atomic E-state index is -1.35. The van der Waals surface area contributed by atoms with Crippen LogP contribution < -0.4 is 0 Å². The van der Waals surface area contributed by atoms with E-state index in [0.717, 1.165) is 17.2 Å². The van der Waals surface area contributed by atoms with Crippen molar-refractivity contribution in [2.24, 2.45) is 5.92 Å². The predicted molar refractivity (Wildman–Crippen MR) is 177 cm³/mol. The quantitative estimate of drug-likeness (QED) is 0.0585. The number of hydrogen-bond acceptors (Lipinski definition) is 8. The zero-order valence-corrected chi connectivity index (χ0v) is 29.3. The summed E-state index contributed by atoms with van der Waals surface area (Å²) in [7, 11) is -1.28. The van der Waals surface area contributed by atoms with Gasteiger partial charge in [0.15, 0.2) is 0 Å². The number of hydrogen-bond donors (Lipinski definition) is 0. The van der Waals surface area contributed by atoms with Crippen molar-refractivity contribution in [3.63, 3.8) is 0 Å². The maximum Gasteiger partial charge on any atom is 0.410 e. The Balaban J connectivity index is 1.84. The summed E-state index contributed by atoms with van der Waals surface area (Å²) < 4.78 is 38.0. The molecule has 0 N–H and O–H groups in total. The van der Waals surface area contributed by atoms with E-state index in [1.165, 1.54) is 0 Å². The van der Waals surface area contributed by atoms with Crippen molar-refractivity contribution in [3.05, 3.63) is 60.7 Å². The molecule has 0 aromatic heterocycles. The number of piperidine rings is 1. The molecule has 246 valence electrons. The van der Waals surface area contributed by atoms with Crippen molar-refractivity contribution >= 4 is 31.5 Å². The minimum Gasteiger partial charge on any atom is -0.597 e. The largest absolute Gasteiger partial charge is 0.597 e. The van der Waals surface area contributed by atoms with Gasteiger partial charge in [-0.25, -0.2) is 4.79 Å². The van der Waals surface area contributed by atoms with Gasteiger partial charge in [-0.2, -0.15) is 0 Å². The second kappa shape index (κ2) is 15.9. The van der Waals surface area contributed by atoms with Crippen LogP contribution >= 0.6 is 0 Å². The predicted octanol–water partition coefficient (Wildman–Crippen LogP) is 5.84. The highest BCUT2D eigenvalue weighted by Gasteiger charge is 2.54. The summed E-state index contributed by atoms with van der Waals surface area (Å²) in [5.41, 5.74) is 1.21. The molecule has 0 radical (unpaired) electrons. The second-order valence-corrected chi connectivity index (χ2v) is 21.6. The van der Waals surface area contributed by atoms with Crippen LogP contribution in [0.1, 0.15) is 50.7 Å². The Bertz CT molecular complexity index is 1110. The lowest BCUT2D eigenvalue weighted by atomic mass is 9.79. The zero-order valence-electron chi connectivity index (χ0n) is 27.5. The van der Waals surface area contributed by atoms with Crippen molar-refractivity contribution in [2.45, 2.75) is 75.5 Å². The number of amides is 1. The fourth-order valence-corrected chi connectivity index (χ4v) is 7.52. The molecule has 1 aromatic rings. The first-order chi connectivity index (χ1) is 20.7. The Kier molecular flexibility index (Phi) is 13.1. The Labute approximate surface area is 268 Å². The Morgan fingerprint density at radius 3 is 2.20 bits per heavy atom. The third kappa shape index (κ3) is 9.43. The van der Waals surface area contributed by atoms with Gasteiger partial charge in [-0.1, -0.05) is 73.5 Å². The molecule has 2 unspecified atom stereocenters. The molecule has 2 heterocycles. The first kappa shape index (κ1) is 36.3. The van der Waals surface area contributed by atoms with E-state index in [1.807, 2.05) is 49.3 Å². The SMILES string of the molecule is C=CCOC(=O)C(c1ccc(C2(N(COCC[Si](C)(C)C)[S+]([O-])C(C)(C)C)COC2)cc1)C1CCN(C(=O)OCC=C)CC1. The molecule has 11 heteroatoms. The van der Waals surface area contributed by atoms with E-state index < -0.39 is 35.6 Å². The van der Waals surface area contributed by atoms with Gasteiger partial charge in [0.1, 0.15) is 30.2 Å². The number of carbonyl (C=O) groups excluding carboxylic acids is 2. The summed E-state index contributed by atoms with van der Waals surface area (Å²) in [6.45, 7) is 23.1. The van der Waals surface area contributed by atoms with E-state index in [4.69, 9.17) is 18.9 Å². The van der Waals surface area contributed by atoms with Gasteiger partial charge in [0, 0.05) is 39.1 Å². The van der Waals surface area contributed by atoms with Crippen LogP contribution in [0.15, 0.2) is 49.6 Å². The summed E-state index contributed by atoms with van der Waals surface area (Å²) >= 11 is -1.35. The maximum atomic E-state index is 13.9. The van der Waals surface area contributed by atoms with Crippen molar-refractivity contribution < 1.29 is 33.1 Å². The van der Waals surface area contributed by atoms with E-state index in [-0.39, 0.29) is 37.9 Å². The molecule has 9 nitrogen and oxygen atoms in total. The lowest BCUT2D eigenvalue weighted by molar-refractivity contribution is -0.146. The van der Waals surface area contributed by atoms with Crippen LogP contribution in [-0.2, 0) is 40.6 Å². The Morgan fingerprint density at radius 1 is 1.11 bits per heavy atom. The number of carbonyl (C=O) groups is 2. The van der Waals surface area contributed by atoms with E-state index in [9.17, 15) is 14.1 Å². The highest BCUT2D eigenvalue weighted by Crippen LogP contribution is 2.42. The normalized spacial score (nSPS) is 18.7. The molecule has 2 aliphatic rings. The van der Waals surface area contributed by atoms with Crippen LogP contribution in [-0.4, -0.2) is 91.5 Å². The topological polar surface area (TPSA) is 101 Å². The standard InChI is InChI=1S/C33H52N2O7SSi/c1-9-19-41-30(36)29(27-15-17-34(18-16-27)31(37)42-20-10-2)26-11-13-28(14-12-26)33(23-40-24-33)35(43(38)32(3,4)5)25-39-21-22-44(6,7)8/h9-14,27,29H,1-2,15-25H2,3-8H3. The molecule has 2 saturated heterocycles. The number of likely N-dealkylation sites (tertiary alicyclic amines) is 1. The number of ether oxygens (including phenoxy) is 4. The molecule has 2 aliphatic heterocycles. The fourth-order valence-electron chi connectivity index (χ4n) is 5.41. The van der Waals surface area contributed by atoms with Crippen LogP contribution in [0, 0.1) is 5.92 Å². The molecule has 0 spiro atoms. The lowest BCUT2D eigenvalue weighted by Gasteiger charge is -2.50. The third-order valence-electron chi connectivity index (χ3n) is 8.09. The van der Waals surface area contributed by atoms with E-state index >= 15 is 0 Å². The molecule has 3 rings (SSSR count). The van der Waals surface area contributed by atoms with E-state index in [0.29, 0.717) is 45.8 Å². The smallest absolute Gasteiger partial charge is 0.410 e. The van der Waals surface area contributed by atoms with Gasteiger partial charge in [-0.3, -0.25) is 4.79 Å². The van der Waals surface area contributed by atoms with Gasteiger partial charge in [0.25, 0.3) is 0 Å². The van der Waals surface area contributed by atoms with Crippen molar-refractivity contribution in [1.82, 2.24) is 9.21 Å². The number of rotatable bonds is 15. The molecule has 44 heavy (non-hydrogen) atoms. The van der Waals surface area contributed by atoms with Crippen molar-refractivity contribution in [3.8, 4) is 0 Å². The number of nitrogens with zero attached hydrogens (tertiary/aromatic N) is 2. The Morgan fingerprint density at radius 2 is 1.70 bits per heavy atom. The molecular weight excluding hydrogens is 597 g/mol. The molecule has 2 atom stereocenters. The van der Waals surface area contributed by atoms with E-state index in [2.05, 4.69) is 32.8 Å². The highest BCUT2D eigenvalue weighted by molar-refractivity contribution is 7.90. The van der Waals surface area contributed by atoms with Gasteiger partial charge in [0.2, 0.25) is 0 Å². The van der Waals surface area contributed by atoms with Crippen LogP contribution in [0.5, 0.6) is 0 Å². The molecular formula is C33H52N2O7SSi. The highest BCUT2D eigenvalue weighted by atomic mass is 32.2. The number of esters is 1. The van der Waals surface area contributed by atoms with E-state index in [1.54, 1.807) is 17.1 Å². The average Bonchev–Trinajstić information content (AvgIpc) is 2.95. The Hall–Kier alpha value is -2.15. The van der Waals surface area contributed by atoms with Crippen LogP contribution in [0.25, 0.3) is 0 Å². The summed E-state index contributed by atoms with van der Waals surface area (Å²) in [4.78, 5) is 27.4. The first-order valence-electron chi connectivity index (χ1n) is 15.5. The average molecular weight is 649 g/mol. The van der Waals surface area contributed by atoms with Crippen molar-refractivity contribution in [1.29, 1.82) is 0 Å². The summed E-state index contributed by atoms with van der Waals surface area (Å²) in [5, 5.41) is 0.